The first kappa shape index (κ1) is 17.7. The molecule has 1 spiro atoms. The molecule has 1 atom stereocenters. The lowest BCUT2D eigenvalue weighted by atomic mass is 9.69. The number of aromatic nitrogens is 1. The van der Waals surface area contributed by atoms with Crippen LogP contribution in [0.1, 0.15) is 20.3 Å². The van der Waals surface area contributed by atoms with Crippen molar-refractivity contribution in [1.82, 2.24) is 9.29 Å². The van der Waals surface area contributed by atoms with Gasteiger partial charge in [0, 0.05) is 30.9 Å². The van der Waals surface area contributed by atoms with Gasteiger partial charge in [0.1, 0.15) is 16.6 Å². The molecule has 2 aliphatic rings. The molecule has 1 saturated heterocycles. The molecule has 7 nitrogen and oxygen atoms in total. The molecule has 1 aliphatic heterocycles. The molecule has 0 bridgehead atoms. The summed E-state index contributed by atoms with van der Waals surface area (Å²) in [5, 5.41) is 9.28. The minimum absolute atomic E-state index is 0.0249. The van der Waals surface area contributed by atoms with Gasteiger partial charge < -0.3 is 4.74 Å². The van der Waals surface area contributed by atoms with Crippen LogP contribution in [0.25, 0.3) is 0 Å². The van der Waals surface area contributed by atoms with Gasteiger partial charge in [-0.15, -0.1) is 0 Å². The van der Waals surface area contributed by atoms with E-state index >= 15 is 0 Å². The van der Waals surface area contributed by atoms with Crippen LogP contribution in [-0.4, -0.2) is 48.8 Å². The fourth-order valence-electron chi connectivity index (χ4n) is 3.48. The van der Waals surface area contributed by atoms with Gasteiger partial charge in [0.05, 0.1) is 12.2 Å². The van der Waals surface area contributed by atoms with Crippen LogP contribution in [0.15, 0.2) is 41.1 Å². The summed E-state index contributed by atoms with van der Waals surface area (Å²) in [6, 6.07) is 4.98. The van der Waals surface area contributed by atoms with Crippen molar-refractivity contribution in [3.8, 4) is 6.07 Å². The van der Waals surface area contributed by atoms with E-state index in [1.54, 1.807) is 19.9 Å². The van der Waals surface area contributed by atoms with E-state index in [1.165, 1.54) is 28.8 Å². The number of allylic oxidation sites excluding steroid dienone is 1. The Morgan fingerprint density at radius 2 is 2.16 bits per heavy atom. The molecule has 0 aromatic carbocycles. The highest BCUT2D eigenvalue weighted by atomic mass is 32.2. The highest BCUT2D eigenvalue weighted by Crippen LogP contribution is 2.41. The molecule has 3 rings (SSSR count). The van der Waals surface area contributed by atoms with Gasteiger partial charge in [-0.2, -0.15) is 9.57 Å². The molecule has 1 aliphatic carbocycles. The monoisotopic (exact) mass is 361 g/mol. The Morgan fingerprint density at radius 3 is 2.80 bits per heavy atom. The summed E-state index contributed by atoms with van der Waals surface area (Å²) in [4.78, 5) is 16.3. The van der Waals surface area contributed by atoms with E-state index in [9.17, 15) is 18.5 Å². The van der Waals surface area contributed by atoms with Gasteiger partial charge in [-0.05, 0) is 24.6 Å². The number of pyridine rings is 1. The number of nitriles is 1. The Morgan fingerprint density at radius 1 is 1.40 bits per heavy atom. The van der Waals surface area contributed by atoms with Gasteiger partial charge in [0.2, 0.25) is 10.0 Å². The number of ketones is 1. The van der Waals surface area contributed by atoms with Crippen LogP contribution in [0.4, 0.5) is 0 Å². The first-order chi connectivity index (χ1) is 11.7. The molecule has 1 fully saturated rings. The summed E-state index contributed by atoms with van der Waals surface area (Å²) < 4.78 is 33.0. The van der Waals surface area contributed by atoms with Crippen molar-refractivity contribution in [1.29, 1.82) is 5.26 Å². The molecule has 0 amide bonds. The summed E-state index contributed by atoms with van der Waals surface area (Å²) in [6.45, 7) is 3.97. The van der Waals surface area contributed by atoms with Gasteiger partial charge in [0.25, 0.3) is 0 Å². The average Bonchev–Trinajstić information content (AvgIpc) is 2.59. The Kier molecular flexibility index (Phi) is 4.27. The lowest BCUT2D eigenvalue weighted by molar-refractivity contribution is -0.133. The van der Waals surface area contributed by atoms with Gasteiger partial charge >= 0.3 is 0 Å². The van der Waals surface area contributed by atoms with Crippen molar-refractivity contribution in [3.05, 3.63) is 36.2 Å². The van der Waals surface area contributed by atoms with Crippen molar-refractivity contribution in [2.75, 3.05) is 19.7 Å². The van der Waals surface area contributed by atoms with Crippen molar-refractivity contribution >= 4 is 15.8 Å². The predicted octanol–water partition coefficient (Wildman–Crippen LogP) is 1.29. The summed E-state index contributed by atoms with van der Waals surface area (Å²) in [5.41, 5.74) is -1.74. The van der Waals surface area contributed by atoms with Crippen LogP contribution in [0.3, 0.4) is 0 Å². The normalized spacial score (nSPS) is 26.9. The number of sulfonamides is 1. The Balaban J connectivity index is 1.98. The van der Waals surface area contributed by atoms with Crippen molar-refractivity contribution in [2.45, 2.75) is 30.8 Å². The number of morpholine rings is 1. The van der Waals surface area contributed by atoms with Gasteiger partial charge in [0.15, 0.2) is 5.78 Å². The van der Waals surface area contributed by atoms with Crippen LogP contribution in [0, 0.1) is 16.7 Å². The third-order valence-corrected chi connectivity index (χ3v) is 6.40. The van der Waals surface area contributed by atoms with Gasteiger partial charge in [-0.1, -0.05) is 13.8 Å². The number of rotatable bonds is 2. The topological polar surface area (TPSA) is 100 Å². The van der Waals surface area contributed by atoms with E-state index in [1.807, 2.05) is 6.07 Å². The molecule has 0 saturated carbocycles. The smallest absolute Gasteiger partial charge is 0.244 e. The third-order valence-electron chi connectivity index (χ3n) is 4.57. The maximum absolute atomic E-state index is 12.9. The molecule has 8 heteroatoms. The maximum atomic E-state index is 12.9. The number of carbonyl (C=O) groups excluding carboxylic acids is 1. The van der Waals surface area contributed by atoms with Crippen molar-refractivity contribution < 1.29 is 17.9 Å². The minimum Gasteiger partial charge on any atom is -0.368 e. The number of hydrogen-bond donors (Lipinski definition) is 0. The third kappa shape index (κ3) is 3.11. The molecular weight excluding hydrogens is 342 g/mol. The Bertz CT molecular complexity index is 871. The van der Waals surface area contributed by atoms with Gasteiger partial charge in [-0.25, -0.2) is 8.42 Å². The maximum Gasteiger partial charge on any atom is 0.244 e. The molecule has 1 aromatic rings. The average molecular weight is 361 g/mol. The van der Waals surface area contributed by atoms with Crippen LogP contribution < -0.4 is 0 Å². The van der Waals surface area contributed by atoms with Crippen LogP contribution >= 0.6 is 0 Å². The number of nitrogens with zero attached hydrogens (tertiary/aromatic N) is 3. The SMILES string of the molecule is CC1(C)CC2(C=C(C#N)C1=O)CN(S(=O)(=O)c1cccnc1)CCO2. The molecule has 25 heavy (non-hydrogen) atoms. The lowest BCUT2D eigenvalue weighted by Crippen LogP contribution is -2.56. The van der Waals surface area contributed by atoms with E-state index in [0.29, 0.717) is 6.42 Å². The molecule has 2 heterocycles. The van der Waals surface area contributed by atoms with Gasteiger partial charge in [-0.3, -0.25) is 9.78 Å². The fraction of sp³-hybridized carbons (Fsp3) is 0.471. The number of hydrogen-bond acceptors (Lipinski definition) is 6. The zero-order valence-electron chi connectivity index (χ0n) is 14.1. The van der Waals surface area contributed by atoms with E-state index < -0.39 is 21.0 Å². The van der Waals surface area contributed by atoms with E-state index in [2.05, 4.69) is 4.98 Å². The largest absolute Gasteiger partial charge is 0.368 e. The zero-order chi connectivity index (χ0) is 18.3. The summed E-state index contributed by atoms with van der Waals surface area (Å²) in [6.07, 6.45) is 4.63. The highest BCUT2D eigenvalue weighted by molar-refractivity contribution is 7.89. The summed E-state index contributed by atoms with van der Waals surface area (Å²) in [5.74, 6) is -0.239. The van der Waals surface area contributed by atoms with Crippen molar-refractivity contribution in [3.63, 3.8) is 0 Å². The second-order valence-corrected chi connectivity index (χ2v) is 8.94. The fourth-order valence-corrected chi connectivity index (χ4v) is 4.92. The first-order valence-corrected chi connectivity index (χ1v) is 9.36. The molecule has 132 valence electrons. The molecule has 1 aromatic heterocycles. The number of carbonyl (C=O) groups is 1. The minimum atomic E-state index is -3.72. The standard InChI is InChI=1S/C17H19N3O4S/c1-16(2)11-17(8-13(9-18)15(16)21)12-20(6-7-24-17)25(22,23)14-4-3-5-19-10-14/h3-5,8,10H,6-7,11-12H2,1-2H3. The van der Waals surface area contributed by atoms with Crippen LogP contribution in [0.5, 0.6) is 0 Å². The molecule has 0 N–H and O–H groups in total. The summed E-state index contributed by atoms with van der Waals surface area (Å²) in [7, 11) is -3.72. The van der Waals surface area contributed by atoms with E-state index in [0.717, 1.165) is 0 Å². The highest BCUT2D eigenvalue weighted by Gasteiger charge is 2.49. The van der Waals surface area contributed by atoms with Crippen LogP contribution in [0.2, 0.25) is 0 Å². The number of ether oxygens (including phenoxy) is 1. The van der Waals surface area contributed by atoms with E-state index in [4.69, 9.17) is 4.74 Å². The second kappa shape index (κ2) is 6.02. The zero-order valence-corrected chi connectivity index (χ0v) is 14.9. The Hall–Kier alpha value is -2.08. The first-order valence-electron chi connectivity index (χ1n) is 7.92. The lowest BCUT2D eigenvalue weighted by Gasteiger charge is -2.46. The summed E-state index contributed by atoms with van der Waals surface area (Å²) >= 11 is 0. The second-order valence-electron chi connectivity index (χ2n) is 7.00. The van der Waals surface area contributed by atoms with Crippen molar-refractivity contribution in [2.24, 2.45) is 5.41 Å². The molecule has 0 radical (unpaired) electrons. The number of Topliss-reactive ketones (excluding diaryl/α,β-unsaturated/α-hetero) is 1. The predicted molar refractivity (Wildman–Crippen MR) is 88.8 cm³/mol. The van der Waals surface area contributed by atoms with E-state index in [-0.39, 0.29) is 35.9 Å². The van der Waals surface area contributed by atoms with Crippen LogP contribution in [-0.2, 0) is 19.6 Å². The quantitative estimate of drug-likeness (QED) is 0.787. The Labute approximate surface area is 147 Å². The molecular formula is C17H19N3O4S. The molecule has 1 unspecified atom stereocenters.